The van der Waals surface area contributed by atoms with E-state index in [2.05, 4.69) is 10.6 Å². The number of benzene rings is 3. The van der Waals surface area contributed by atoms with Gasteiger partial charge in [0, 0.05) is 10.6 Å². The van der Waals surface area contributed by atoms with Crippen LogP contribution in [-0.2, 0) is 4.79 Å². The second kappa shape index (κ2) is 8.02. The summed E-state index contributed by atoms with van der Waals surface area (Å²) in [5.74, 6) is -0.582. The Hall–Kier alpha value is -2.85. The van der Waals surface area contributed by atoms with Gasteiger partial charge in [0.1, 0.15) is 0 Å². The molecule has 5 heteroatoms. The average molecular weight is 367 g/mol. The highest BCUT2D eigenvalue weighted by Gasteiger charge is 2.13. The minimum Gasteiger partial charge on any atom is -0.348 e. The molecule has 1 unspecified atom stereocenters. The van der Waals surface area contributed by atoms with Gasteiger partial charge in [-0.1, -0.05) is 60.1 Å². The topological polar surface area (TPSA) is 58.2 Å². The quantitative estimate of drug-likeness (QED) is 0.714. The smallest absolute Gasteiger partial charge is 0.251 e. The van der Waals surface area contributed by atoms with E-state index in [-0.39, 0.29) is 24.4 Å². The van der Waals surface area contributed by atoms with Crippen molar-refractivity contribution in [3.8, 4) is 0 Å². The van der Waals surface area contributed by atoms with Crippen LogP contribution in [-0.4, -0.2) is 18.4 Å². The largest absolute Gasteiger partial charge is 0.348 e. The van der Waals surface area contributed by atoms with E-state index in [1.165, 1.54) is 0 Å². The molecule has 0 heterocycles. The van der Waals surface area contributed by atoms with Gasteiger partial charge >= 0.3 is 0 Å². The van der Waals surface area contributed by atoms with E-state index in [1.807, 2.05) is 49.4 Å². The normalized spacial score (nSPS) is 11.8. The van der Waals surface area contributed by atoms with Crippen molar-refractivity contribution < 1.29 is 9.59 Å². The first-order valence-electron chi connectivity index (χ1n) is 8.35. The van der Waals surface area contributed by atoms with Crippen molar-refractivity contribution in [2.24, 2.45) is 0 Å². The Balaban J connectivity index is 1.61. The summed E-state index contributed by atoms with van der Waals surface area (Å²) in [7, 11) is 0. The molecule has 2 amide bonds. The molecule has 3 aromatic rings. The predicted molar refractivity (Wildman–Crippen MR) is 104 cm³/mol. The number of carbonyl (C=O) groups is 2. The summed E-state index contributed by atoms with van der Waals surface area (Å²) in [6, 6.07) is 20.5. The summed E-state index contributed by atoms with van der Waals surface area (Å²) in [6.45, 7) is 1.83. The molecule has 4 nitrogen and oxygen atoms in total. The van der Waals surface area contributed by atoms with Crippen molar-refractivity contribution in [2.45, 2.75) is 13.0 Å². The fraction of sp³-hybridized carbons (Fsp3) is 0.143. The lowest BCUT2D eigenvalue weighted by Crippen LogP contribution is -2.38. The van der Waals surface area contributed by atoms with Crippen molar-refractivity contribution in [1.29, 1.82) is 0 Å². The van der Waals surface area contributed by atoms with Crippen LogP contribution in [0.2, 0.25) is 5.02 Å². The van der Waals surface area contributed by atoms with Crippen LogP contribution in [0.4, 0.5) is 0 Å². The maximum atomic E-state index is 12.2. The minimum atomic E-state index is -0.333. The van der Waals surface area contributed by atoms with Gasteiger partial charge in [0.15, 0.2) is 0 Å². The first-order valence-corrected chi connectivity index (χ1v) is 8.73. The number of halogens is 1. The third-order valence-electron chi connectivity index (χ3n) is 4.16. The van der Waals surface area contributed by atoms with E-state index in [1.54, 1.807) is 24.3 Å². The van der Waals surface area contributed by atoms with Gasteiger partial charge in [0.2, 0.25) is 5.91 Å². The molecule has 0 spiro atoms. The second-order valence-corrected chi connectivity index (χ2v) is 6.49. The maximum absolute atomic E-state index is 12.2. The molecule has 132 valence electrons. The van der Waals surface area contributed by atoms with E-state index in [0.717, 1.165) is 16.3 Å². The standard InChI is InChI=1S/C21H19ClN2O2/c1-14(18-11-5-7-15-6-2-3-10-19(15)18)24-20(25)13-23-21(26)16-8-4-9-17(22)12-16/h2-12,14H,13H2,1H3,(H,23,26)(H,24,25). The molecule has 0 saturated heterocycles. The van der Waals surface area contributed by atoms with Crippen LogP contribution in [0.15, 0.2) is 66.7 Å². The number of hydrogen-bond donors (Lipinski definition) is 2. The van der Waals surface area contributed by atoms with Crippen LogP contribution in [0, 0.1) is 0 Å². The van der Waals surface area contributed by atoms with Crippen molar-refractivity contribution in [1.82, 2.24) is 10.6 Å². The predicted octanol–water partition coefficient (Wildman–Crippen LogP) is 4.10. The highest BCUT2D eigenvalue weighted by molar-refractivity contribution is 6.31. The second-order valence-electron chi connectivity index (χ2n) is 6.05. The van der Waals surface area contributed by atoms with Crippen LogP contribution in [0.1, 0.15) is 28.9 Å². The molecule has 0 aliphatic rings. The number of fused-ring (bicyclic) bond motifs is 1. The van der Waals surface area contributed by atoms with Gasteiger partial charge in [0.05, 0.1) is 12.6 Å². The van der Waals surface area contributed by atoms with E-state index in [4.69, 9.17) is 11.6 Å². The summed E-state index contributed by atoms with van der Waals surface area (Å²) >= 11 is 5.88. The van der Waals surface area contributed by atoms with Gasteiger partial charge in [-0.3, -0.25) is 9.59 Å². The number of nitrogens with one attached hydrogen (secondary N) is 2. The fourth-order valence-electron chi connectivity index (χ4n) is 2.89. The van der Waals surface area contributed by atoms with Gasteiger partial charge in [-0.25, -0.2) is 0 Å². The lowest BCUT2D eigenvalue weighted by molar-refractivity contribution is -0.120. The number of hydrogen-bond acceptors (Lipinski definition) is 2. The van der Waals surface area contributed by atoms with Crippen LogP contribution < -0.4 is 10.6 Å². The molecule has 3 aromatic carbocycles. The zero-order valence-corrected chi connectivity index (χ0v) is 15.1. The van der Waals surface area contributed by atoms with E-state index in [0.29, 0.717) is 10.6 Å². The minimum absolute atomic E-state index is 0.0968. The number of amides is 2. The molecular weight excluding hydrogens is 348 g/mol. The van der Waals surface area contributed by atoms with Crippen molar-refractivity contribution >= 4 is 34.2 Å². The van der Waals surface area contributed by atoms with Crippen molar-refractivity contribution in [3.63, 3.8) is 0 Å². The molecule has 0 fully saturated rings. The summed E-state index contributed by atoms with van der Waals surface area (Å²) in [4.78, 5) is 24.3. The average Bonchev–Trinajstić information content (AvgIpc) is 2.65. The van der Waals surface area contributed by atoms with E-state index in [9.17, 15) is 9.59 Å². The van der Waals surface area contributed by atoms with Crippen LogP contribution >= 0.6 is 11.6 Å². The van der Waals surface area contributed by atoms with Crippen LogP contribution in [0.25, 0.3) is 10.8 Å². The summed E-state index contributed by atoms with van der Waals surface area (Å²) in [5, 5.41) is 8.24. The van der Waals surface area contributed by atoms with E-state index < -0.39 is 0 Å². The molecule has 3 rings (SSSR count). The summed E-state index contributed by atoms with van der Waals surface area (Å²) in [5.41, 5.74) is 1.46. The Labute approximate surface area is 157 Å². The zero-order valence-electron chi connectivity index (χ0n) is 14.3. The molecule has 0 aromatic heterocycles. The molecule has 0 aliphatic carbocycles. The Kier molecular flexibility index (Phi) is 5.54. The van der Waals surface area contributed by atoms with Gasteiger partial charge in [-0.05, 0) is 41.5 Å². The van der Waals surface area contributed by atoms with Gasteiger partial charge in [-0.15, -0.1) is 0 Å². The molecule has 0 aliphatic heterocycles. The summed E-state index contributed by atoms with van der Waals surface area (Å²) in [6.07, 6.45) is 0. The highest BCUT2D eigenvalue weighted by atomic mass is 35.5. The Morgan fingerprint density at radius 2 is 1.73 bits per heavy atom. The van der Waals surface area contributed by atoms with Gasteiger partial charge < -0.3 is 10.6 Å². The monoisotopic (exact) mass is 366 g/mol. The molecule has 1 atom stereocenters. The Morgan fingerprint density at radius 3 is 2.54 bits per heavy atom. The number of carbonyl (C=O) groups excluding carboxylic acids is 2. The molecular formula is C21H19ClN2O2. The number of rotatable bonds is 5. The molecule has 0 saturated carbocycles. The molecule has 2 N–H and O–H groups in total. The SMILES string of the molecule is CC(NC(=O)CNC(=O)c1cccc(Cl)c1)c1cccc2ccccc12. The summed E-state index contributed by atoms with van der Waals surface area (Å²) < 4.78 is 0. The van der Waals surface area contributed by atoms with Gasteiger partial charge in [0.25, 0.3) is 5.91 Å². The van der Waals surface area contributed by atoms with Crippen molar-refractivity contribution in [2.75, 3.05) is 6.54 Å². The zero-order chi connectivity index (χ0) is 18.5. The van der Waals surface area contributed by atoms with E-state index >= 15 is 0 Å². The highest BCUT2D eigenvalue weighted by Crippen LogP contribution is 2.23. The van der Waals surface area contributed by atoms with Crippen LogP contribution in [0.3, 0.4) is 0 Å². The lowest BCUT2D eigenvalue weighted by atomic mass is 10.00. The third kappa shape index (κ3) is 4.21. The van der Waals surface area contributed by atoms with Crippen molar-refractivity contribution in [3.05, 3.63) is 82.9 Å². The molecule has 26 heavy (non-hydrogen) atoms. The third-order valence-corrected chi connectivity index (χ3v) is 4.40. The first-order chi connectivity index (χ1) is 12.5. The Morgan fingerprint density at radius 1 is 1.00 bits per heavy atom. The van der Waals surface area contributed by atoms with Gasteiger partial charge in [-0.2, -0.15) is 0 Å². The first kappa shape index (κ1) is 18.0. The maximum Gasteiger partial charge on any atom is 0.251 e. The lowest BCUT2D eigenvalue weighted by Gasteiger charge is -2.17. The van der Waals surface area contributed by atoms with Crippen LogP contribution in [0.5, 0.6) is 0 Å². The molecule has 0 bridgehead atoms. The fourth-order valence-corrected chi connectivity index (χ4v) is 3.08. The Bertz CT molecular complexity index is 950. The molecule has 0 radical (unpaired) electrons.